The highest BCUT2D eigenvalue weighted by atomic mass is 15.1. The average molecular weight is 244 g/mol. The van der Waals surface area contributed by atoms with Crippen molar-refractivity contribution in [2.45, 2.75) is 46.1 Å². The van der Waals surface area contributed by atoms with Crippen molar-refractivity contribution in [3.05, 3.63) is 35.7 Å². The summed E-state index contributed by atoms with van der Waals surface area (Å²) >= 11 is 0. The molecular formula is C16H24N2. The van der Waals surface area contributed by atoms with Gasteiger partial charge in [0.2, 0.25) is 0 Å². The molecule has 2 nitrogen and oxygen atoms in total. The Labute approximate surface area is 111 Å². The summed E-state index contributed by atoms with van der Waals surface area (Å²) < 4.78 is 0. The van der Waals surface area contributed by atoms with Crippen LogP contribution in [0.15, 0.2) is 24.4 Å². The Morgan fingerprint density at radius 1 is 1.22 bits per heavy atom. The average Bonchev–Trinajstić information content (AvgIpc) is 2.39. The van der Waals surface area contributed by atoms with Crippen LogP contribution in [0.3, 0.4) is 0 Å². The summed E-state index contributed by atoms with van der Waals surface area (Å²) in [5.41, 5.74) is 3.96. The monoisotopic (exact) mass is 244 g/mol. The molecule has 0 bridgehead atoms. The second-order valence-corrected chi connectivity index (χ2v) is 5.70. The summed E-state index contributed by atoms with van der Waals surface area (Å²) in [6.45, 7) is 11.2. The summed E-state index contributed by atoms with van der Waals surface area (Å²) in [4.78, 5) is 7.02. The molecule has 0 radical (unpaired) electrons. The smallest absolute Gasteiger partial charge is 0.0662 e. The topological polar surface area (TPSA) is 16.1 Å². The number of rotatable bonds is 3. The van der Waals surface area contributed by atoms with E-state index in [4.69, 9.17) is 0 Å². The van der Waals surface area contributed by atoms with Gasteiger partial charge in [0.15, 0.2) is 0 Å². The summed E-state index contributed by atoms with van der Waals surface area (Å²) in [7, 11) is 0. The van der Waals surface area contributed by atoms with E-state index in [0.717, 1.165) is 19.5 Å². The number of aromatic nitrogens is 1. The summed E-state index contributed by atoms with van der Waals surface area (Å²) in [5, 5.41) is 0. The summed E-state index contributed by atoms with van der Waals surface area (Å²) in [6.07, 6.45) is 5.41. The van der Waals surface area contributed by atoms with Crippen molar-refractivity contribution in [3.63, 3.8) is 0 Å². The Bertz CT molecular complexity index is 432. The Morgan fingerprint density at radius 3 is 2.56 bits per heavy atom. The first-order valence-electron chi connectivity index (χ1n) is 6.97. The van der Waals surface area contributed by atoms with Crippen LogP contribution in [0.5, 0.6) is 0 Å². The molecule has 1 aliphatic heterocycles. The van der Waals surface area contributed by atoms with E-state index >= 15 is 0 Å². The normalized spacial score (nSPS) is 17.3. The van der Waals surface area contributed by atoms with Crippen molar-refractivity contribution in [1.82, 2.24) is 9.88 Å². The SMILES string of the molecule is CC(C)c1ccnc(C2=CCN(C(C)C)CC2)c1. The molecule has 2 rings (SSSR count). The van der Waals surface area contributed by atoms with Gasteiger partial charge in [-0.1, -0.05) is 19.9 Å². The Morgan fingerprint density at radius 2 is 2.00 bits per heavy atom. The first-order chi connectivity index (χ1) is 8.58. The minimum Gasteiger partial charge on any atom is -0.297 e. The molecular weight excluding hydrogens is 220 g/mol. The molecule has 0 saturated carbocycles. The Kier molecular flexibility index (Phi) is 4.18. The van der Waals surface area contributed by atoms with E-state index in [-0.39, 0.29) is 0 Å². The van der Waals surface area contributed by atoms with Gasteiger partial charge in [-0.3, -0.25) is 9.88 Å². The molecule has 2 heterocycles. The highest BCUT2D eigenvalue weighted by molar-refractivity contribution is 5.64. The molecule has 18 heavy (non-hydrogen) atoms. The molecule has 1 aromatic heterocycles. The first kappa shape index (κ1) is 13.3. The van der Waals surface area contributed by atoms with Crippen LogP contribution in [0.2, 0.25) is 0 Å². The minimum atomic E-state index is 0.572. The van der Waals surface area contributed by atoms with Crippen LogP contribution in [0, 0.1) is 0 Å². The van der Waals surface area contributed by atoms with Gasteiger partial charge in [0.25, 0.3) is 0 Å². The molecule has 2 heteroatoms. The second-order valence-electron chi connectivity index (χ2n) is 5.70. The molecule has 0 unspecified atom stereocenters. The lowest BCUT2D eigenvalue weighted by Crippen LogP contribution is -2.34. The van der Waals surface area contributed by atoms with E-state index in [1.807, 2.05) is 6.20 Å². The molecule has 0 saturated heterocycles. The fraction of sp³-hybridized carbons (Fsp3) is 0.562. The van der Waals surface area contributed by atoms with E-state index in [1.165, 1.54) is 16.8 Å². The molecule has 0 aromatic carbocycles. The Hall–Kier alpha value is -1.15. The summed E-state index contributed by atoms with van der Waals surface area (Å²) in [6, 6.07) is 5.01. The van der Waals surface area contributed by atoms with Crippen molar-refractivity contribution < 1.29 is 0 Å². The van der Waals surface area contributed by atoms with Gasteiger partial charge in [0.1, 0.15) is 0 Å². The van der Waals surface area contributed by atoms with Crippen LogP contribution in [-0.4, -0.2) is 29.0 Å². The lowest BCUT2D eigenvalue weighted by atomic mass is 9.98. The van der Waals surface area contributed by atoms with Crippen molar-refractivity contribution in [3.8, 4) is 0 Å². The van der Waals surface area contributed by atoms with Gasteiger partial charge in [-0.2, -0.15) is 0 Å². The van der Waals surface area contributed by atoms with Gasteiger partial charge >= 0.3 is 0 Å². The lowest BCUT2D eigenvalue weighted by molar-refractivity contribution is 0.245. The third-order valence-electron chi connectivity index (χ3n) is 3.75. The fourth-order valence-corrected chi connectivity index (χ4v) is 2.37. The maximum absolute atomic E-state index is 4.53. The van der Waals surface area contributed by atoms with E-state index < -0.39 is 0 Å². The molecule has 1 aliphatic rings. The van der Waals surface area contributed by atoms with Crippen LogP contribution < -0.4 is 0 Å². The predicted octanol–water partition coefficient (Wildman–Crippen LogP) is 3.70. The Balaban J connectivity index is 2.15. The number of hydrogen-bond acceptors (Lipinski definition) is 2. The first-order valence-corrected chi connectivity index (χ1v) is 6.97. The highest BCUT2D eigenvalue weighted by Gasteiger charge is 2.16. The van der Waals surface area contributed by atoms with Crippen molar-refractivity contribution in [2.75, 3.05) is 13.1 Å². The van der Waals surface area contributed by atoms with Gasteiger partial charge in [-0.25, -0.2) is 0 Å². The number of hydrogen-bond donors (Lipinski definition) is 0. The van der Waals surface area contributed by atoms with Crippen LogP contribution in [0.1, 0.15) is 51.3 Å². The second kappa shape index (κ2) is 5.66. The molecule has 0 aliphatic carbocycles. The third kappa shape index (κ3) is 2.99. The van der Waals surface area contributed by atoms with Gasteiger partial charge in [-0.05, 0) is 49.5 Å². The van der Waals surface area contributed by atoms with Crippen LogP contribution in [0.4, 0.5) is 0 Å². The van der Waals surface area contributed by atoms with Crippen molar-refractivity contribution >= 4 is 5.57 Å². The molecule has 1 aromatic rings. The zero-order chi connectivity index (χ0) is 13.1. The van der Waals surface area contributed by atoms with Gasteiger partial charge in [-0.15, -0.1) is 0 Å². The summed E-state index contributed by atoms with van der Waals surface area (Å²) in [5.74, 6) is 0.572. The quantitative estimate of drug-likeness (QED) is 0.806. The maximum Gasteiger partial charge on any atom is 0.0662 e. The van der Waals surface area contributed by atoms with Crippen molar-refractivity contribution in [2.24, 2.45) is 0 Å². The molecule has 0 fully saturated rings. The number of pyridine rings is 1. The standard InChI is InChI=1S/C16H24N2/c1-12(2)15-5-8-17-16(11-15)14-6-9-18(10-7-14)13(3)4/h5-6,8,11-13H,7,9-10H2,1-4H3. The molecule has 0 amide bonds. The third-order valence-corrected chi connectivity index (χ3v) is 3.75. The van der Waals surface area contributed by atoms with Crippen LogP contribution in [0.25, 0.3) is 5.57 Å². The molecule has 98 valence electrons. The molecule has 0 atom stereocenters. The molecule has 0 spiro atoms. The van der Waals surface area contributed by atoms with E-state index in [0.29, 0.717) is 12.0 Å². The van der Waals surface area contributed by atoms with Crippen LogP contribution >= 0.6 is 0 Å². The van der Waals surface area contributed by atoms with Gasteiger partial charge in [0, 0.05) is 25.3 Å². The van der Waals surface area contributed by atoms with Crippen LogP contribution in [-0.2, 0) is 0 Å². The largest absolute Gasteiger partial charge is 0.297 e. The van der Waals surface area contributed by atoms with Crippen molar-refractivity contribution in [1.29, 1.82) is 0 Å². The maximum atomic E-state index is 4.53. The van der Waals surface area contributed by atoms with E-state index in [9.17, 15) is 0 Å². The van der Waals surface area contributed by atoms with E-state index in [1.54, 1.807) is 0 Å². The minimum absolute atomic E-state index is 0.572. The predicted molar refractivity (Wildman–Crippen MR) is 77.6 cm³/mol. The fourth-order valence-electron chi connectivity index (χ4n) is 2.37. The van der Waals surface area contributed by atoms with E-state index in [2.05, 4.69) is 55.8 Å². The number of nitrogens with zero attached hydrogens (tertiary/aromatic N) is 2. The lowest BCUT2D eigenvalue weighted by Gasteiger charge is -2.29. The zero-order valence-electron chi connectivity index (χ0n) is 12.0. The highest BCUT2D eigenvalue weighted by Crippen LogP contribution is 2.24. The zero-order valence-corrected chi connectivity index (χ0v) is 12.0. The van der Waals surface area contributed by atoms with Gasteiger partial charge < -0.3 is 0 Å². The van der Waals surface area contributed by atoms with Gasteiger partial charge in [0.05, 0.1) is 5.69 Å². The molecule has 0 N–H and O–H groups in total.